The van der Waals surface area contributed by atoms with Gasteiger partial charge in [-0.2, -0.15) is 0 Å². The van der Waals surface area contributed by atoms with Crippen LogP contribution < -0.4 is 15.4 Å². The van der Waals surface area contributed by atoms with Gasteiger partial charge in [-0.25, -0.2) is 0 Å². The first kappa shape index (κ1) is 18.3. The fraction of sp³-hybridized carbons (Fsp3) is 0.500. The minimum atomic E-state index is -0.582. The number of ether oxygens (including phenoxy) is 1. The molecule has 0 bridgehead atoms. The van der Waals surface area contributed by atoms with Crippen LogP contribution in [0.2, 0.25) is 0 Å². The fourth-order valence-electron chi connectivity index (χ4n) is 3.23. The molecule has 6 nitrogen and oxygen atoms in total. The van der Waals surface area contributed by atoms with E-state index in [0.717, 1.165) is 36.0 Å². The van der Waals surface area contributed by atoms with Crippen LogP contribution in [-0.4, -0.2) is 31.0 Å². The Balaban J connectivity index is 1.57. The van der Waals surface area contributed by atoms with Crippen LogP contribution in [0.5, 0.6) is 5.75 Å². The molecule has 6 heteroatoms. The summed E-state index contributed by atoms with van der Waals surface area (Å²) >= 11 is 0. The number of fused-ring (bicyclic) bond motifs is 3. The quantitative estimate of drug-likeness (QED) is 0.797. The third-order valence-corrected chi connectivity index (χ3v) is 4.62. The molecule has 1 aromatic carbocycles. The van der Waals surface area contributed by atoms with E-state index in [2.05, 4.69) is 10.6 Å². The van der Waals surface area contributed by atoms with Crippen LogP contribution in [0.25, 0.3) is 11.0 Å². The molecule has 0 spiro atoms. The van der Waals surface area contributed by atoms with E-state index in [1.807, 2.05) is 25.1 Å². The molecule has 2 amide bonds. The molecule has 2 aromatic rings. The van der Waals surface area contributed by atoms with E-state index in [4.69, 9.17) is 9.15 Å². The predicted octanol–water partition coefficient (Wildman–Crippen LogP) is 2.72. The van der Waals surface area contributed by atoms with E-state index in [1.165, 1.54) is 18.4 Å². The highest BCUT2D eigenvalue weighted by Gasteiger charge is 2.19. The Morgan fingerprint density at radius 2 is 2.08 bits per heavy atom. The summed E-state index contributed by atoms with van der Waals surface area (Å²) in [4.78, 5) is 23.8. The van der Waals surface area contributed by atoms with Crippen molar-refractivity contribution in [1.29, 1.82) is 0 Å². The van der Waals surface area contributed by atoms with Crippen molar-refractivity contribution in [3.8, 4) is 5.75 Å². The number of aryl methyl sites for hydroxylation is 2. The van der Waals surface area contributed by atoms with Crippen molar-refractivity contribution < 1.29 is 18.7 Å². The van der Waals surface area contributed by atoms with Crippen molar-refractivity contribution in [3.05, 3.63) is 29.5 Å². The second-order valence-corrected chi connectivity index (χ2v) is 6.74. The van der Waals surface area contributed by atoms with E-state index in [1.54, 1.807) is 6.92 Å². The summed E-state index contributed by atoms with van der Waals surface area (Å²) in [6.07, 6.45) is 5.21. The van der Waals surface area contributed by atoms with Gasteiger partial charge >= 0.3 is 0 Å². The van der Waals surface area contributed by atoms with Gasteiger partial charge in [-0.05, 0) is 50.8 Å². The summed E-state index contributed by atoms with van der Waals surface area (Å²) < 4.78 is 11.5. The SMILES string of the molecule is CCCNC(=O)[C@@H](C)NC(=O)COc1ccc2oc3c(c2c1)CCCC3. The second-order valence-electron chi connectivity index (χ2n) is 6.74. The Labute approximate surface area is 153 Å². The van der Waals surface area contributed by atoms with Crippen LogP contribution >= 0.6 is 0 Å². The first-order chi connectivity index (χ1) is 12.6. The summed E-state index contributed by atoms with van der Waals surface area (Å²) in [5, 5.41) is 6.47. The first-order valence-corrected chi connectivity index (χ1v) is 9.32. The van der Waals surface area contributed by atoms with Gasteiger partial charge in [0, 0.05) is 23.9 Å². The van der Waals surface area contributed by atoms with Gasteiger partial charge in [-0.1, -0.05) is 6.92 Å². The maximum atomic E-state index is 12.0. The molecule has 1 aliphatic carbocycles. The van der Waals surface area contributed by atoms with Crippen molar-refractivity contribution in [1.82, 2.24) is 10.6 Å². The molecule has 0 saturated carbocycles. The summed E-state index contributed by atoms with van der Waals surface area (Å²) in [5.74, 6) is 1.20. The number of benzene rings is 1. The van der Waals surface area contributed by atoms with Crippen molar-refractivity contribution in [2.45, 2.75) is 52.0 Å². The minimum absolute atomic E-state index is 0.128. The smallest absolute Gasteiger partial charge is 0.258 e. The number of nitrogens with one attached hydrogen (secondary N) is 2. The lowest BCUT2D eigenvalue weighted by molar-refractivity contribution is -0.129. The molecule has 140 valence electrons. The molecule has 3 rings (SSSR count). The average molecular weight is 358 g/mol. The monoisotopic (exact) mass is 358 g/mol. The van der Waals surface area contributed by atoms with E-state index >= 15 is 0 Å². The van der Waals surface area contributed by atoms with Crippen molar-refractivity contribution in [2.24, 2.45) is 0 Å². The van der Waals surface area contributed by atoms with Crippen LogP contribution in [0.15, 0.2) is 22.6 Å². The van der Waals surface area contributed by atoms with Crippen LogP contribution in [0.4, 0.5) is 0 Å². The highest BCUT2D eigenvalue weighted by Crippen LogP contribution is 2.33. The summed E-state index contributed by atoms with van der Waals surface area (Å²) in [5.41, 5.74) is 2.14. The normalized spacial score (nSPS) is 14.5. The van der Waals surface area contributed by atoms with Gasteiger partial charge in [0.25, 0.3) is 5.91 Å². The first-order valence-electron chi connectivity index (χ1n) is 9.32. The maximum absolute atomic E-state index is 12.0. The lowest BCUT2D eigenvalue weighted by Crippen LogP contribution is -2.46. The van der Waals surface area contributed by atoms with Gasteiger partial charge in [-0.3, -0.25) is 9.59 Å². The van der Waals surface area contributed by atoms with Crippen molar-refractivity contribution in [2.75, 3.05) is 13.2 Å². The molecule has 0 radical (unpaired) electrons. The molecule has 1 heterocycles. The van der Waals surface area contributed by atoms with Crippen LogP contribution in [0.1, 0.15) is 44.4 Å². The Morgan fingerprint density at radius 3 is 2.88 bits per heavy atom. The molecule has 2 N–H and O–H groups in total. The average Bonchev–Trinajstić information content (AvgIpc) is 3.02. The summed E-state index contributed by atoms with van der Waals surface area (Å²) in [6, 6.07) is 5.05. The lowest BCUT2D eigenvalue weighted by atomic mass is 9.96. The number of furan rings is 1. The number of amides is 2. The molecule has 1 aromatic heterocycles. The molecule has 1 aliphatic rings. The van der Waals surface area contributed by atoms with Gasteiger partial charge < -0.3 is 19.8 Å². The summed E-state index contributed by atoms with van der Waals surface area (Å²) in [7, 11) is 0. The minimum Gasteiger partial charge on any atom is -0.484 e. The van der Waals surface area contributed by atoms with Gasteiger partial charge in [-0.15, -0.1) is 0 Å². The molecule has 0 unspecified atom stereocenters. The van der Waals surface area contributed by atoms with E-state index in [0.29, 0.717) is 12.3 Å². The molecular weight excluding hydrogens is 332 g/mol. The Hall–Kier alpha value is -2.50. The van der Waals surface area contributed by atoms with Crippen LogP contribution in [0.3, 0.4) is 0 Å². The molecule has 0 saturated heterocycles. The van der Waals surface area contributed by atoms with Gasteiger partial charge in [0.15, 0.2) is 6.61 Å². The Bertz CT molecular complexity index is 796. The predicted molar refractivity (Wildman–Crippen MR) is 99.3 cm³/mol. The van der Waals surface area contributed by atoms with Crippen LogP contribution in [0, 0.1) is 0 Å². The lowest BCUT2D eigenvalue weighted by Gasteiger charge is -2.14. The zero-order valence-corrected chi connectivity index (χ0v) is 15.4. The largest absolute Gasteiger partial charge is 0.484 e. The topological polar surface area (TPSA) is 80.6 Å². The highest BCUT2D eigenvalue weighted by atomic mass is 16.5. The second kappa shape index (κ2) is 8.25. The number of carbonyl (C=O) groups is 2. The summed E-state index contributed by atoms with van der Waals surface area (Å²) in [6.45, 7) is 4.11. The zero-order valence-electron chi connectivity index (χ0n) is 15.4. The number of carbonyl (C=O) groups excluding carboxylic acids is 2. The van der Waals surface area contributed by atoms with E-state index in [-0.39, 0.29) is 18.4 Å². The number of rotatable bonds is 7. The third-order valence-electron chi connectivity index (χ3n) is 4.62. The van der Waals surface area contributed by atoms with E-state index < -0.39 is 6.04 Å². The van der Waals surface area contributed by atoms with Crippen molar-refractivity contribution in [3.63, 3.8) is 0 Å². The van der Waals surface area contributed by atoms with Gasteiger partial charge in [0.1, 0.15) is 23.1 Å². The standard InChI is InChI=1S/C20H26N2O4/c1-3-10-21-20(24)13(2)22-19(23)12-25-14-8-9-18-16(11-14)15-6-4-5-7-17(15)26-18/h8-9,11,13H,3-7,10,12H2,1-2H3,(H,21,24)(H,22,23)/t13-/m1/s1. The number of hydrogen-bond donors (Lipinski definition) is 2. The van der Waals surface area contributed by atoms with E-state index in [9.17, 15) is 9.59 Å². The molecular formula is C20H26N2O4. The maximum Gasteiger partial charge on any atom is 0.258 e. The Morgan fingerprint density at radius 1 is 1.27 bits per heavy atom. The third kappa shape index (κ3) is 4.18. The Kier molecular flexibility index (Phi) is 5.81. The molecule has 26 heavy (non-hydrogen) atoms. The molecule has 0 fully saturated rings. The molecule has 0 aliphatic heterocycles. The number of hydrogen-bond acceptors (Lipinski definition) is 4. The van der Waals surface area contributed by atoms with Gasteiger partial charge in [0.2, 0.25) is 5.91 Å². The van der Waals surface area contributed by atoms with Crippen molar-refractivity contribution >= 4 is 22.8 Å². The fourth-order valence-corrected chi connectivity index (χ4v) is 3.23. The highest BCUT2D eigenvalue weighted by molar-refractivity contribution is 5.88. The van der Waals surface area contributed by atoms with Crippen LogP contribution in [-0.2, 0) is 22.4 Å². The molecule has 1 atom stereocenters. The zero-order chi connectivity index (χ0) is 18.5. The van der Waals surface area contributed by atoms with Gasteiger partial charge in [0.05, 0.1) is 0 Å².